The molecule has 1 aliphatic heterocycles. The van der Waals surface area contributed by atoms with Crippen molar-refractivity contribution in [3.8, 4) is 0 Å². The van der Waals surface area contributed by atoms with Crippen molar-refractivity contribution in [2.75, 3.05) is 25.1 Å². The zero-order chi connectivity index (χ0) is 14.4. The number of anilines is 1. The molecule has 5 heteroatoms. The summed E-state index contributed by atoms with van der Waals surface area (Å²) in [6.45, 7) is 3.66. The van der Waals surface area contributed by atoms with E-state index in [0.717, 1.165) is 17.7 Å². The molecular weight excluding hydrogens is 256 g/mol. The number of benzene rings is 1. The van der Waals surface area contributed by atoms with Gasteiger partial charge in [0.2, 0.25) is 11.8 Å². The third-order valence-electron chi connectivity index (χ3n) is 3.15. The molecule has 0 aromatic heterocycles. The van der Waals surface area contributed by atoms with Crippen LogP contribution in [-0.4, -0.2) is 36.5 Å². The first kappa shape index (κ1) is 14.5. The molecule has 108 valence electrons. The van der Waals surface area contributed by atoms with Crippen molar-refractivity contribution in [2.24, 2.45) is 0 Å². The number of hydrogen-bond acceptors (Lipinski definition) is 3. The van der Waals surface area contributed by atoms with E-state index >= 15 is 0 Å². The van der Waals surface area contributed by atoms with Crippen LogP contribution in [0.15, 0.2) is 24.3 Å². The number of rotatable bonds is 5. The van der Waals surface area contributed by atoms with Gasteiger partial charge in [0.15, 0.2) is 0 Å². The number of carbonyl (C=O) groups is 2. The number of para-hydroxylation sites is 1. The van der Waals surface area contributed by atoms with Gasteiger partial charge in [0, 0.05) is 18.8 Å². The molecular formula is C15H20N2O3. The topological polar surface area (TPSA) is 58.6 Å². The number of fused-ring (bicyclic) bond motifs is 1. The Hall–Kier alpha value is -1.88. The van der Waals surface area contributed by atoms with Crippen LogP contribution in [0.3, 0.4) is 0 Å². The SMILES string of the molecule is CCCOCCC(=O)N1CC(=O)Nc2ccccc2C1. The first-order valence-corrected chi connectivity index (χ1v) is 6.94. The zero-order valence-electron chi connectivity index (χ0n) is 11.7. The van der Waals surface area contributed by atoms with E-state index in [1.807, 2.05) is 31.2 Å². The fourth-order valence-electron chi connectivity index (χ4n) is 2.15. The lowest BCUT2D eigenvalue weighted by molar-refractivity contribution is -0.136. The third kappa shape index (κ3) is 3.81. The molecule has 1 aliphatic rings. The van der Waals surface area contributed by atoms with Crippen molar-refractivity contribution in [2.45, 2.75) is 26.3 Å². The Labute approximate surface area is 118 Å². The molecule has 0 unspecified atom stereocenters. The summed E-state index contributed by atoms with van der Waals surface area (Å²) in [5, 5.41) is 2.82. The number of ether oxygens (including phenoxy) is 1. The minimum atomic E-state index is -0.155. The van der Waals surface area contributed by atoms with Crippen molar-refractivity contribution in [1.82, 2.24) is 4.90 Å². The van der Waals surface area contributed by atoms with Gasteiger partial charge in [0.05, 0.1) is 13.0 Å². The van der Waals surface area contributed by atoms with Crippen LogP contribution in [0.1, 0.15) is 25.3 Å². The minimum absolute atomic E-state index is 0.0482. The monoisotopic (exact) mass is 276 g/mol. The lowest BCUT2D eigenvalue weighted by Gasteiger charge is -2.19. The predicted molar refractivity (Wildman–Crippen MR) is 76.2 cm³/mol. The molecule has 0 bridgehead atoms. The molecule has 20 heavy (non-hydrogen) atoms. The van der Waals surface area contributed by atoms with E-state index in [9.17, 15) is 9.59 Å². The smallest absolute Gasteiger partial charge is 0.244 e. The van der Waals surface area contributed by atoms with Crippen LogP contribution in [0.25, 0.3) is 0 Å². The maximum atomic E-state index is 12.1. The number of carbonyl (C=O) groups excluding carboxylic acids is 2. The lowest BCUT2D eigenvalue weighted by atomic mass is 10.1. The Morgan fingerprint density at radius 3 is 2.90 bits per heavy atom. The van der Waals surface area contributed by atoms with Crippen molar-refractivity contribution in [3.63, 3.8) is 0 Å². The maximum absolute atomic E-state index is 12.1. The Kier molecular flexibility index (Phi) is 5.12. The number of hydrogen-bond donors (Lipinski definition) is 1. The molecule has 0 saturated carbocycles. The standard InChI is InChI=1S/C15H20N2O3/c1-2-8-20-9-7-15(19)17-10-12-5-3-4-6-13(12)16-14(18)11-17/h3-6H,2,7-11H2,1H3,(H,16,18). The van der Waals surface area contributed by atoms with E-state index < -0.39 is 0 Å². The van der Waals surface area contributed by atoms with Gasteiger partial charge in [-0.05, 0) is 18.1 Å². The lowest BCUT2D eigenvalue weighted by Crippen LogP contribution is -2.35. The average molecular weight is 276 g/mol. The van der Waals surface area contributed by atoms with Crippen molar-refractivity contribution in [3.05, 3.63) is 29.8 Å². The van der Waals surface area contributed by atoms with Gasteiger partial charge in [-0.25, -0.2) is 0 Å². The van der Waals surface area contributed by atoms with E-state index in [1.54, 1.807) is 4.90 Å². The second kappa shape index (κ2) is 7.05. The molecule has 0 atom stereocenters. The van der Waals surface area contributed by atoms with Crippen LogP contribution in [-0.2, 0) is 20.9 Å². The first-order valence-electron chi connectivity index (χ1n) is 6.94. The van der Waals surface area contributed by atoms with Crippen molar-refractivity contribution in [1.29, 1.82) is 0 Å². The summed E-state index contributed by atoms with van der Waals surface area (Å²) in [5.41, 5.74) is 1.75. The molecule has 0 spiro atoms. The fourth-order valence-corrected chi connectivity index (χ4v) is 2.15. The van der Waals surface area contributed by atoms with Crippen molar-refractivity contribution < 1.29 is 14.3 Å². The minimum Gasteiger partial charge on any atom is -0.381 e. The summed E-state index contributed by atoms with van der Waals surface area (Å²) in [5.74, 6) is -0.203. The molecule has 1 N–H and O–H groups in total. The predicted octanol–water partition coefficient (Wildman–Crippen LogP) is 1.78. The Morgan fingerprint density at radius 1 is 1.30 bits per heavy atom. The Bertz CT molecular complexity index is 488. The van der Waals surface area contributed by atoms with E-state index in [-0.39, 0.29) is 18.4 Å². The highest BCUT2D eigenvalue weighted by atomic mass is 16.5. The highest BCUT2D eigenvalue weighted by Gasteiger charge is 2.22. The quantitative estimate of drug-likeness (QED) is 0.834. The normalized spacial score (nSPS) is 14.4. The van der Waals surface area contributed by atoms with Gasteiger partial charge in [0.25, 0.3) is 0 Å². The largest absolute Gasteiger partial charge is 0.381 e. The van der Waals surface area contributed by atoms with Crippen molar-refractivity contribution >= 4 is 17.5 Å². The summed E-state index contributed by atoms with van der Waals surface area (Å²) in [7, 11) is 0. The highest BCUT2D eigenvalue weighted by molar-refractivity contribution is 5.96. The van der Waals surface area contributed by atoms with Crippen LogP contribution >= 0.6 is 0 Å². The Morgan fingerprint density at radius 2 is 2.10 bits per heavy atom. The van der Waals surface area contributed by atoms with Gasteiger partial charge < -0.3 is 15.0 Å². The molecule has 0 saturated heterocycles. The van der Waals surface area contributed by atoms with Crippen LogP contribution in [0.4, 0.5) is 5.69 Å². The summed E-state index contributed by atoms with van der Waals surface area (Å²) in [4.78, 5) is 25.5. The van der Waals surface area contributed by atoms with Crippen LogP contribution in [0.2, 0.25) is 0 Å². The second-order valence-corrected chi connectivity index (χ2v) is 4.82. The van der Waals surface area contributed by atoms with Gasteiger partial charge in [0.1, 0.15) is 6.54 Å². The zero-order valence-corrected chi connectivity index (χ0v) is 11.7. The van der Waals surface area contributed by atoms with Crippen LogP contribution in [0.5, 0.6) is 0 Å². The summed E-state index contributed by atoms with van der Waals surface area (Å²) in [6.07, 6.45) is 1.25. The fraction of sp³-hybridized carbons (Fsp3) is 0.467. The third-order valence-corrected chi connectivity index (χ3v) is 3.15. The van der Waals surface area contributed by atoms with Crippen LogP contribution < -0.4 is 5.32 Å². The molecule has 2 amide bonds. The maximum Gasteiger partial charge on any atom is 0.244 e. The Balaban J connectivity index is 1.98. The summed E-state index contributed by atoms with van der Waals surface area (Å²) < 4.78 is 5.32. The van der Waals surface area contributed by atoms with Gasteiger partial charge in [-0.3, -0.25) is 9.59 Å². The highest BCUT2D eigenvalue weighted by Crippen LogP contribution is 2.20. The number of nitrogens with one attached hydrogen (secondary N) is 1. The number of amides is 2. The average Bonchev–Trinajstić information content (AvgIpc) is 2.61. The summed E-state index contributed by atoms with van der Waals surface area (Å²) in [6, 6.07) is 7.55. The molecule has 1 aromatic rings. The van der Waals surface area contributed by atoms with E-state index in [1.165, 1.54) is 0 Å². The van der Waals surface area contributed by atoms with Gasteiger partial charge in [-0.2, -0.15) is 0 Å². The second-order valence-electron chi connectivity index (χ2n) is 4.82. The van der Waals surface area contributed by atoms with Gasteiger partial charge in [-0.1, -0.05) is 25.1 Å². The summed E-state index contributed by atoms with van der Waals surface area (Å²) >= 11 is 0. The molecule has 0 radical (unpaired) electrons. The first-order chi connectivity index (χ1) is 9.70. The molecule has 0 fully saturated rings. The molecule has 0 aliphatic carbocycles. The molecule has 1 aromatic carbocycles. The van der Waals surface area contributed by atoms with E-state index in [4.69, 9.17) is 4.74 Å². The number of nitrogens with zero attached hydrogens (tertiary/aromatic N) is 1. The molecule has 1 heterocycles. The molecule has 2 rings (SSSR count). The van der Waals surface area contributed by atoms with Gasteiger partial charge >= 0.3 is 0 Å². The molecule has 5 nitrogen and oxygen atoms in total. The van der Waals surface area contributed by atoms with E-state index in [2.05, 4.69) is 5.32 Å². The van der Waals surface area contributed by atoms with Gasteiger partial charge in [-0.15, -0.1) is 0 Å². The van der Waals surface area contributed by atoms with Crippen LogP contribution in [0, 0.1) is 0 Å². The van der Waals surface area contributed by atoms with E-state index in [0.29, 0.717) is 26.2 Å².